The molecule has 34 heavy (non-hydrogen) atoms. The van der Waals surface area contributed by atoms with Crippen LogP contribution in [0.15, 0.2) is 40.8 Å². The van der Waals surface area contributed by atoms with Gasteiger partial charge < -0.3 is 20.0 Å². The molecule has 0 radical (unpaired) electrons. The van der Waals surface area contributed by atoms with E-state index in [1.165, 1.54) is 16.9 Å². The summed E-state index contributed by atoms with van der Waals surface area (Å²) in [4.78, 5) is 37.8. The van der Waals surface area contributed by atoms with Crippen molar-refractivity contribution in [2.75, 3.05) is 11.9 Å². The van der Waals surface area contributed by atoms with Crippen LogP contribution in [0.5, 0.6) is 0 Å². The number of carboxylic acids is 1. The molecule has 0 aliphatic heterocycles. The number of allylic oxidation sites excluding steroid dienone is 2. The third-order valence-electron chi connectivity index (χ3n) is 6.50. The molecule has 0 bridgehead atoms. The molecule has 0 fully saturated rings. The Labute approximate surface area is 205 Å². The summed E-state index contributed by atoms with van der Waals surface area (Å²) in [5.74, 6) is -3.82. The van der Waals surface area contributed by atoms with Crippen molar-refractivity contribution in [1.82, 2.24) is 0 Å². The summed E-state index contributed by atoms with van der Waals surface area (Å²) < 4.78 is 5.29. The number of rotatable bonds is 9. The highest BCUT2D eigenvalue weighted by Crippen LogP contribution is 2.39. The number of esters is 1. The molecule has 3 rings (SSSR count). The Bertz CT molecular complexity index is 1080. The zero-order valence-corrected chi connectivity index (χ0v) is 21.1. The van der Waals surface area contributed by atoms with Gasteiger partial charge in [-0.15, -0.1) is 11.3 Å². The Hall–Kier alpha value is -2.93. The minimum absolute atomic E-state index is 0.204. The van der Waals surface area contributed by atoms with Crippen molar-refractivity contribution in [2.45, 2.75) is 59.8 Å². The van der Waals surface area contributed by atoms with Crippen molar-refractivity contribution in [1.29, 1.82) is 0 Å². The van der Waals surface area contributed by atoms with Gasteiger partial charge in [0.15, 0.2) is 0 Å². The number of carbonyl (C=O) groups is 3. The summed E-state index contributed by atoms with van der Waals surface area (Å²) in [5.41, 5.74) is 5.07. The molecule has 2 aromatic rings. The third-order valence-corrected chi connectivity index (χ3v) is 7.39. The first-order valence-corrected chi connectivity index (χ1v) is 12.7. The lowest BCUT2D eigenvalue weighted by Crippen LogP contribution is -2.42. The van der Waals surface area contributed by atoms with E-state index in [-0.39, 0.29) is 13.0 Å². The number of aliphatic carboxylic acids is 1. The number of carbonyl (C=O) groups excluding carboxylic acids is 3. The lowest BCUT2D eigenvalue weighted by atomic mass is 9.76. The Morgan fingerprint density at radius 2 is 1.71 bits per heavy atom. The van der Waals surface area contributed by atoms with Gasteiger partial charge >= 0.3 is 5.97 Å². The van der Waals surface area contributed by atoms with Crippen LogP contribution in [0.2, 0.25) is 0 Å². The first kappa shape index (κ1) is 25.7. The Morgan fingerprint density at radius 1 is 1.06 bits per heavy atom. The normalized spacial score (nSPS) is 18.0. The molecule has 6 nitrogen and oxygen atoms in total. The van der Waals surface area contributed by atoms with Crippen molar-refractivity contribution in [3.05, 3.63) is 51.9 Å². The number of benzene rings is 1. The highest BCUT2D eigenvalue weighted by Gasteiger charge is 2.34. The standard InChI is InChI=1S/C27H33NO5S/c1-5-7-8-18-9-11-19(12-10-18)22-15-34-25(23(22)27(32)33-6-2)28-24(29)20-13-16(3)17(4)14-21(20)26(30)31/h9-12,15,20-21H,5-8,13-14H2,1-4H3,(H,28,29)(H,30,31)/p-1/t20-,21-/m0/s1. The summed E-state index contributed by atoms with van der Waals surface area (Å²) >= 11 is 1.24. The van der Waals surface area contributed by atoms with Crippen LogP contribution in [-0.4, -0.2) is 24.5 Å². The van der Waals surface area contributed by atoms with Crippen LogP contribution in [0.3, 0.4) is 0 Å². The SMILES string of the molecule is CCCCc1ccc(-c2csc(NC(=O)[C@H]3CC(C)=C(C)C[C@@H]3C(=O)[O-])c2C(=O)OCC)cc1. The summed E-state index contributed by atoms with van der Waals surface area (Å²) in [5, 5.41) is 16.8. The van der Waals surface area contributed by atoms with Gasteiger partial charge in [0.05, 0.1) is 12.5 Å². The smallest absolute Gasteiger partial charge is 0.341 e. The van der Waals surface area contributed by atoms with Crippen LogP contribution in [0.4, 0.5) is 5.00 Å². The zero-order valence-electron chi connectivity index (χ0n) is 20.2. The number of unbranched alkanes of at least 4 members (excludes halogenated alkanes) is 1. The van der Waals surface area contributed by atoms with Gasteiger partial charge in [-0.05, 0) is 57.6 Å². The zero-order chi connectivity index (χ0) is 24.8. The molecule has 1 N–H and O–H groups in total. The van der Waals surface area contributed by atoms with Crippen molar-refractivity contribution < 1.29 is 24.2 Å². The first-order valence-electron chi connectivity index (χ1n) is 11.8. The number of nitrogens with one attached hydrogen (secondary N) is 1. The van der Waals surface area contributed by atoms with E-state index in [1.54, 1.807) is 6.92 Å². The molecule has 1 aromatic heterocycles. The van der Waals surface area contributed by atoms with Crippen LogP contribution >= 0.6 is 11.3 Å². The van der Waals surface area contributed by atoms with E-state index in [4.69, 9.17) is 4.74 Å². The average Bonchev–Trinajstić information content (AvgIpc) is 3.23. The third kappa shape index (κ3) is 5.76. The summed E-state index contributed by atoms with van der Waals surface area (Å²) in [7, 11) is 0. The van der Waals surface area contributed by atoms with Crippen LogP contribution in [0.25, 0.3) is 11.1 Å². The minimum atomic E-state index is -1.23. The van der Waals surface area contributed by atoms with E-state index in [0.717, 1.165) is 36.0 Å². The maximum absolute atomic E-state index is 13.2. The van der Waals surface area contributed by atoms with E-state index < -0.39 is 29.7 Å². The molecule has 1 aliphatic carbocycles. The molecular weight excluding hydrogens is 450 g/mol. The first-order chi connectivity index (χ1) is 16.3. The molecule has 1 aromatic carbocycles. The number of hydrogen-bond acceptors (Lipinski definition) is 6. The average molecular weight is 483 g/mol. The van der Waals surface area contributed by atoms with Gasteiger partial charge in [-0.1, -0.05) is 48.8 Å². The molecule has 2 atom stereocenters. The van der Waals surface area contributed by atoms with Crippen molar-refractivity contribution in [2.24, 2.45) is 11.8 Å². The van der Waals surface area contributed by atoms with Crippen LogP contribution in [0, 0.1) is 11.8 Å². The molecular formula is C27H32NO5S-. The van der Waals surface area contributed by atoms with Crippen molar-refractivity contribution in [3.63, 3.8) is 0 Å². The fraction of sp³-hybridized carbons (Fsp3) is 0.444. The summed E-state index contributed by atoms with van der Waals surface area (Å²) in [6, 6.07) is 8.07. The van der Waals surface area contributed by atoms with Gasteiger partial charge in [0, 0.05) is 22.8 Å². The Balaban J connectivity index is 1.91. The minimum Gasteiger partial charge on any atom is -0.550 e. The highest BCUT2D eigenvalue weighted by molar-refractivity contribution is 7.15. The van der Waals surface area contributed by atoms with Crippen molar-refractivity contribution in [3.8, 4) is 11.1 Å². The predicted molar refractivity (Wildman–Crippen MR) is 133 cm³/mol. The van der Waals surface area contributed by atoms with E-state index in [0.29, 0.717) is 22.5 Å². The van der Waals surface area contributed by atoms with E-state index in [1.807, 2.05) is 31.4 Å². The largest absolute Gasteiger partial charge is 0.550 e. The quantitative estimate of drug-likeness (QED) is 0.401. The Morgan fingerprint density at radius 3 is 2.29 bits per heavy atom. The topological polar surface area (TPSA) is 95.5 Å². The number of thiophene rings is 1. The van der Waals surface area contributed by atoms with Crippen LogP contribution in [-0.2, 0) is 20.7 Å². The molecule has 0 saturated carbocycles. The van der Waals surface area contributed by atoms with E-state index in [2.05, 4.69) is 24.4 Å². The molecule has 182 valence electrons. The predicted octanol–water partition coefficient (Wildman–Crippen LogP) is 4.99. The number of hydrogen-bond donors (Lipinski definition) is 1. The van der Waals surface area contributed by atoms with E-state index >= 15 is 0 Å². The maximum Gasteiger partial charge on any atom is 0.341 e. The van der Waals surface area contributed by atoms with Gasteiger partial charge in [-0.25, -0.2) is 4.79 Å². The number of aryl methyl sites for hydroxylation is 1. The molecule has 1 aliphatic rings. The Kier molecular flexibility index (Phi) is 8.67. The highest BCUT2D eigenvalue weighted by atomic mass is 32.1. The van der Waals surface area contributed by atoms with Crippen LogP contribution < -0.4 is 10.4 Å². The van der Waals surface area contributed by atoms with Gasteiger partial charge in [0.25, 0.3) is 0 Å². The second-order valence-corrected chi connectivity index (χ2v) is 9.74. The molecule has 0 unspecified atom stereocenters. The second kappa shape index (κ2) is 11.5. The number of anilines is 1. The number of amides is 1. The van der Waals surface area contributed by atoms with Crippen LogP contribution in [0.1, 0.15) is 69.3 Å². The number of carboxylic acid groups (broad SMARTS) is 1. The monoisotopic (exact) mass is 482 g/mol. The molecule has 0 saturated heterocycles. The number of ether oxygens (including phenoxy) is 1. The van der Waals surface area contributed by atoms with E-state index in [9.17, 15) is 19.5 Å². The fourth-order valence-corrected chi connectivity index (χ4v) is 5.28. The van der Waals surface area contributed by atoms with Gasteiger partial charge in [0.2, 0.25) is 5.91 Å². The lowest BCUT2D eigenvalue weighted by Gasteiger charge is -2.32. The van der Waals surface area contributed by atoms with Crippen molar-refractivity contribution >= 4 is 34.2 Å². The van der Waals surface area contributed by atoms with Gasteiger partial charge in [0.1, 0.15) is 10.6 Å². The maximum atomic E-state index is 13.2. The van der Waals surface area contributed by atoms with Gasteiger partial charge in [-0.2, -0.15) is 0 Å². The molecule has 7 heteroatoms. The molecule has 1 heterocycles. The second-order valence-electron chi connectivity index (χ2n) is 8.86. The molecule has 1 amide bonds. The van der Waals surface area contributed by atoms with Gasteiger partial charge in [-0.3, -0.25) is 4.79 Å². The summed E-state index contributed by atoms with van der Waals surface area (Å²) in [6.07, 6.45) is 3.88. The lowest BCUT2D eigenvalue weighted by molar-refractivity contribution is -0.313. The molecule has 0 spiro atoms. The summed E-state index contributed by atoms with van der Waals surface area (Å²) in [6.45, 7) is 7.89. The fourth-order valence-electron chi connectivity index (χ4n) is 4.32.